The maximum atomic E-state index is 14.5. The molecule has 0 aromatic heterocycles. The molecule has 0 radical (unpaired) electrons. The monoisotopic (exact) mass is 689 g/mol. The summed E-state index contributed by atoms with van der Waals surface area (Å²) in [5.41, 5.74) is 4.00. The normalized spacial score (nSPS) is 12.6. The fourth-order valence-corrected chi connectivity index (χ4v) is 6.65. The van der Waals surface area contributed by atoms with Gasteiger partial charge in [-0.15, -0.1) is 0 Å². The lowest BCUT2D eigenvalue weighted by Crippen LogP contribution is -2.54. The second kappa shape index (κ2) is 15.4. The first kappa shape index (κ1) is 33.9. The van der Waals surface area contributed by atoms with E-state index in [0.717, 1.165) is 37.5 Å². The summed E-state index contributed by atoms with van der Waals surface area (Å²) in [5.74, 6) is -0.777. The molecule has 7 nitrogen and oxygen atoms in total. The van der Waals surface area contributed by atoms with Gasteiger partial charge in [0, 0.05) is 23.5 Å². The largest absolute Gasteiger partial charge is 0.352 e. The molecule has 0 aliphatic carbocycles. The van der Waals surface area contributed by atoms with Gasteiger partial charge >= 0.3 is 0 Å². The predicted octanol–water partition coefficient (Wildman–Crippen LogP) is 6.82. The number of rotatable bonds is 13. The average molecular weight is 691 g/mol. The number of hydrogen-bond acceptors (Lipinski definition) is 4. The molecule has 236 valence electrons. The molecule has 4 aromatic carbocycles. The summed E-state index contributed by atoms with van der Waals surface area (Å²) >= 11 is 3.42. The average Bonchev–Trinajstić information content (AvgIpc) is 3.02. The van der Waals surface area contributed by atoms with Gasteiger partial charge in [0.05, 0.1) is 10.6 Å². The summed E-state index contributed by atoms with van der Waals surface area (Å²) in [4.78, 5) is 30.1. The van der Waals surface area contributed by atoms with Crippen molar-refractivity contribution in [2.24, 2.45) is 0 Å². The Balaban J connectivity index is 1.80. The Morgan fingerprint density at radius 2 is 1.47 bits per heavy atom. The molecule has 0 fully saturated rings. The minimum Gasteiger partial charge on any atom is -0.352 e. The number of nitrogens with zero attached hydrogens (tertiary/aromatic N) is 2. The van der Waals surface area contributed by atoms with Crippen molar-refractivity contribution in [2.75, 3.05) is 10.8 Å². The molecule has 4 aromatic rings. The molecule has 0 aliphatic heterocycles. The van der Waals surface area contributed by atoms with E-state index in [0.29, 0.717) is 5.69 Å². The summed E-state index contributed by atoms with van der Waals surface area (Å²) < 4.78 is 30.2. The first-order valence-corrected chi connectivity index (χ1v) is 17.3. The highest BCUT2D eigenvalue weighted by Crippen LogP contribution is 2.27. The number of halogens is 1. The van der Waals surface area contributed by atoms with Crippen LogP contribution in [0, 0.1) is 13.8 Å². The van der Waals surface area contributed by atoms with Crippen LogP contribution in [0.4, 0.5) is 5.69 Å². The van der Waals surface area contributed by atoms with Crippen LogP contribution in [-0.2, 0) is 32.6 Å². The second-order valence-corrected chi connectivity index (χ2v) is 14.1. The number of amides is 2. The highest BCUT2D eigenvalue weighted by Gasteiger charge is 2.35. The van der Waals surface area contributed by atoms with Crippen LogP contribution in [0.25, 0.3) is 0 Å². The molecule has 1 N–H and O–H groups in total. The topological polar surface area (TPSA) is 86.8 Å². The predicted molar refractivity (Wildman–Crippen MR) is 183 cm³/mol. The molecular formula is C36H40BrN3O4S. The van der Waals surface area contributed by atoms with Crippen LogP contribution in [0.1, 0.15) is 42.5 Å². The lowest BCUT2D eigenvalue weighted by Gasteiger charge is -2.34. The van der Waals surface area contributed by atoms with Crippen molar-refractivity contribution in [3.8, 4) is 0 Å². The first-order chi connectivity index (χ1) is 21.5. The third-order valence-corrected chi connectivity index (χ3v) is 10.0. The van der Waals surface area contributed by atoms with Crippen molar-refractivity contribution in [2.45, 2.75) is 64.1 Å². The Bertz CT molecular complexity index is 1690. The Hall–Kier alpha value is -3.95. The zero-order valence-electron chi connectivity index (χ0n) is 26.1. The molecule has 45 heavy (non-hydrogen) atoms. The number of sulfonamides is 1. The van der Waals surface area contributed by atoms with Gasteiger partial charge in [0.25, 0.3) is 10.0 Å². The zero-order chi connectivity index (χ0) is 32.6. The third-order valence-electron chi connectivity index (χ3n) is 7.71. The lowest BCUT2D eigenvalue weighted by atomic mass is 10.0. The molecule has 0 unspecified atom stereocenters. The van der Waals surface area contributed by atoms with Gasteiger partial charge in [-0.05, 0) is 74.7 Å². The van der Waals surface area contributed by atoms with E-state index >= 15 is 0 Å². The lowest BCUT2D eigenvalue weighted by molar-refractivity contribution is -0.140. The fourth-order valence-electron chi connectivity index (χ4n) is 4.98. The molecular weight excluding hydrogens is 650 g/mol. The maximum absolute atomic E-state index is 14.5. The smallest absolute Gasteiger partial charge is 0.264 e. The Kier molecular flexibility index (Phi) is 11.6. The van der Waals surface area contributed by atoms with Gasteiger partial charge in [-0.3, -0.25) is 13.9 Å². The van der Waals surface area contributed by atoms with Crippen LogP contribution in [-0.4, -0.2) is 43.8 Å². The van der Waals surface area contributed by atoms with E-state index in [1.54, 1.807) is 48.5 Å². The van der Waals surface area contributed by atoms with Gasteiger partial charge in [-0.1, -0.05) is 101 Å². The van der Waals surface area contributed by atoms with E-state index < -0.39 is 28.5 Å². The van der Waals surface area contributed by atoms with E-state index in [9.17, 15) is 18.0 Å². The molecule has 0 saturated carbocycles. The number of aryl methyl sites for hydroxylation is 2. The fraction of sp³-hybridized carbons (Fsp3) is 0.278. The van der Waals surface area contributed by atoms with Gasteiger partial charge in [0.15, 0.2) is 0 Å². The number of carbonyl (C=O) groups is 2. The van der Waals surface area contributed by atoms with Gasteiger partial charge in [-0.25, -0.2) is 8.42 Å². The first-order valence-electron chi connectivity index (χ1n) is 15.0. The van der Waals surface area contributed by atoms with Crippen LogP contribution in [0.5, 0.6) is 0 Å². The van der Waals surface area contributed by atoms with Gasteiger partial charge in [-0.2, -0.15) is 0 Å². The highest BCUT2D eigenvalue weighted by molar-refractivity contribution is 9.10. The van der Waals surface area contributed by atoms with E-state index in [-0.39, 0.29) is 29.8 Å². The van der Waals surface area contributed by atoms with Crippen molar-refractivity contribution in [3.63, 3.8) is 0 Å². The molecule has 9 heteroatoms. The molecule has 4 rings (SSSR count). The molecule has 0 aliphatic rings. The van der Waals surface area contributed by atoms with Crippen molar-refractivity contribution in [3.05, 3.63) is 130 Å². The van der Waals surface area contributed by atoms with E-state index in [1.165, 1.54) is 4.90 Å². The van der Waals surface area contributed by atoms with Crippen molar-refractivity contribution >= 4 is 43.5 Å². The summed E-state index contributed by atoms with van der Waals surface area (Å²) in [7, 11) is -4.15. The highest BCUT2D eigenvalue weighted by atomic mass is 79.9. The second-order valence-electron chi connectivity index (χ2n) is 11.3. The maximum Gasteiger partial charge on any atom is 0.264 e. The van der Waals surface area contributed by atoms with E-state index in [4.69, 9.17) is 0 Å². The minimum absolute atomic E-state index is 0.0735. The minimum atomic E-state index is -4.15. The number of nitrogens with one attached hydrogen (secondary N) is 1. The quantitative estimate of drug-likeness (QED) is 0.167. The Morgan fingerprint density at radius 1 is 0.822 bits per heavy atom. The molecule has 2 atom stereocenters. The summed E-state index contributed by atoms with van der Waals surface area (Å²) in [6.45, 7) is 7.39. The number of benzene rings is 4. The molecule has 0 heterocycles. The summed E-state index contributed by atoms with van der Waals surface area (Å²) in [5, 5.41) is 3.07. The van der Waals surface area contributed by atoms with E-state index in [2.05, 4.69) is 21.2 Å². The SMILES string of the molecule is CC[C@H](C)NC(=O)[C@@H](Cc1ccccc1)N(Cc1cccc(C)c1)C(=O)CN(c1ccc(Br)cc1)S(=O)(=O)c1ccc(C)cc1. The van der Waals surface area contributed by atoms with E-state index in [1.807, 2.05) is 82.3 Å². The Labute approximate surface area is 275 Å². The number of anilines is 1. The van der Waals surface area contributed by atoms with Gasteiger partial charge in [0.1, 0.15) is 12.6 Å². The molecule has 2 amide bonds. The van der Waals surface area contributed by atoms with Crippen LogP contribution in [0.15, 0.2) is 112 Å². The van der Waals surface area contributed by atoms with Crippen molar-refractivity contribution < 1.29 is 18.0 Å². The van der Waals surface area contributed by atoms with Crippen molar-refractivity contribution in [1.29, 1.82) is 0 Å². The van der Waals surface area contributed by atoms with Gasteiger partial charge < -0.3 is 10.2 Å². The van der Waals surface area contributed by atoms with Crippen LogP contribution in [0.2, 0.25) is 0 Å². The van der Waals surface area contributed by atoms with Crippen LogP contribution >= 0.6 is 15.9 Å². The standard InChI is InChI=1S/C36H40BrN3O4S/c1-5-28(4)38-36(42)34(23-29-11-7-6-8-12-29)39(24-30-13-9-10-27(3)22-30)35(41)25-40(32-18-16-31(37)17-19-32)45(43,44)33-20-14-26(2)15-21-33/h6-22,28,34H,5,23-25H2,1-4H3,(H,38,42)/t28-,34+/m0/s1. The van der Waals surface area contributed by atoms with Crippen LogP contribution < -0.4 is 9.62 Å². The number of carbonyl (C=O) groups excluding carboxylic acids is 2. The molecule has 0 bridgehead atoms. The Morgan fingerprint density at radius 3 is 2.09 bits per heavy atom. The third kappa shape index (κ3) is 9.05. The summed E-state index contributed by atoms with van der Waals surface area (Å²) in [6, 6.07) is 29.7. The number of hydrogen-bond donors (Lipinski definition) is 1. The van der Waals surface area contributed by atoms with Gasteiger partial charge in [0.2, 0.25) is 11.8 Å². The molecule has 0 saturated heterocycles. The zero-order valence-corrected chi connectivity index (χ0v) is 28.5. The molecule has 0 spiro atoms. The summed E-state index contributed by atoms with van der Waals surface area (Å²) in [6.07, 6.45) is 0.991. The van der Waals surface area contributed by atoms with Crippen LogP contribution in [0.3, 0.4) is 0 Å². The van der Waals surface area contributed by atoms with Crippen molar-refractivity contribution in [1.82, 2.24) is 10.2 Å².